The molecule has 3 atom stereocenters. The Morgan fingerprint density at radius 2 is 1.74 bits per heavy atom. The summed E-state index contributed by atoms with van der Waals surface area (Å²) in [7, 11) is 0.760. The average Bonchev–Trinajstić information content (AvgIpc) is 2.76. The number of fused-ring (bicyclic) bond motifs is 3. The molecule has 4 rings (SSSR count). The second-order valence-electron chi connectivity index (χ2n) is 8.38. The number of ether oxygens (including phenoxy) is 3. The molecule has 0 spiro atoms. The van der Waals surface area contributed by atoms with Crippen molar-refractivity contribution in [3.63, 3.8) is 0 Å². The highest BCUT2D eigenvalue weighted by atomic mass is 19.4. The molecule has 0 saturated heterocycles. The molecule has 0 aliphatic carbocycles. The zero-order valence-electron chi connectivity index (χ0n) is 18.4. The monoisotopic (exact) mass is 478 g/mol. The minimum atomic E-state index is -5.17. The first-order chi connectivity index (χ1) is 15.9. The second kappa shape index (κ2) is 8.14. The Labute approximate surface area is 191 Å². The first kappa shape index (κ1) is 23.8. The molecule has 1 aliphatic heterocycles. The maximum absolute atomic E-state index is 14.2. The predicted molar refractivity (Wildman–Crippen MR) is 113 cm³/mol. The van der Waals surface area contributed by atoms with E-state index in [1.807, 2.05) is 0 Å². The number of esters is 1. The summed E-state index contributed by atoms with van der Waals surface area (Å²) in [6.07, 6.45) is -8.24. The van der Waals surface area contributed by atoms with Gasteiger partial charge in [0, 0.05) is 24.3 Å². The smallest absolute Gasteiger partial charge is 0.432 e. The lowest BCUT2D eigenvalue weighted by Crippen LogP contribution is -2.57. The van der Waals surface area contributed by atoms with Crippen molar-refractivity contribution >= 4 is 16.9 Å². The molecule has 2 aromatic carbocycles. The van der Waals surface area contributed by atoms with Crippen LogP contribution < -0.4 is 10.4 Å². The molecular formula is C24H21F3O7. The fourth-order valence-electron chi connectivity index (χ4n) is 4.14. The van der Waals surface area contributed by atoms with Crippen LogP contribution in [0.5, 0.6) is 5.75 Å². The van der Waals surface area contributed by atoms with Gasteiger partial charge in [-0.15, -0.1) is 0 Å². The predicted octanol–water partition coefficient (Wildman–Crippen LogP) is 4.01. The van der Waals surface area contributed by atoms with Gasteiger partial charge in [0.2, 0.25) is 0 Å². The normalized spacial score (nSPS) is 21.3. The van der Waals surface area contributed by atoms with Crippen LogP contribution in [0.25, 0.3) is 11.0 Å². The summed E-state index contributed by atoms with van der Waals surface area (Å²) in [6, 6.07) is 11.8. The van der Waals surface area contributed by atoms with E-state index >= 15 is 0 Å². The summed E-state index contributed by atoms with van der Waals surface area (Å²) in [5.41, 5.74) is -5.58. The zero-order chi connectivity index (χ0) is 24.9. The van der Waals surface area contributed by atoms with Crippen molar-refractivity contribution in [2.45, 2.75) is 43.4 Å². The van der Waals surface area contributed by atoms with Crippen molar-refractivity contribution in [1.29, 1.82) is 0 Å². The minimum absolute atomic E-state index is 0.160. The van der Waals surface area contributed by atoms with Crippen molar-refractivity contribution in [1.82, 2.24) is 0 Å². The largest absolute Gasteiger partial charge is 0.483 e. The van der Waals surface area contributed by atoms with Crippen LogP contribution in [0.15, 0.2) is 63.8 Å². The molecule has 0 saturated carbocycles. The standard InChI is InChI=1S/C24H21F3O7/c1-22(2)20(18(29)15-9-11-16-14(19(15)34-22)10-12-17(28)32-16)33-21(30)23(31-3,24(25,26)27)13-7-5-4-6-8-13/h4-12,18,20,29H,1-3H3/t18-,20-,23-/m1/s1. The lowest BCUT2D eigenvalue weighted by atomic mass is 9.86. The molecule has 0 bridgehead atoms. The minimum Gasteiger partial charge on any atom is -0.483 e. The Hall–Kier alpha value is -3.37. The van der Waals surface area contributed by atoms with Crippen LogP contribution in [0.1, 0.15) is 31.1 Å². The summed E-state index contributed by atoms with van der Waals surface area (Å²) in [4.78, 5) is 24.6. The van der Waals surface area contributed by atoms with E-state index < -0.39 is 46.7 Å². The summed E-state index contributed by atoms with van der Waals surface area (Å²) in [5, 5.41) is 11.4. The van der Waals surface area contributed by atoms with Gasteiger partial charge in [-0.05, 0) is 32.0 Å². The number of hydrogen-bond donors (Lipinski definition) is 1. The summed E-state index contributed by atoms with van der Waals surface area (Å²) in [6.45, 7) is 2.92. The molecule has 1 aromatic heterocycles. The number of methoxy groups -OCH3 is 1. The molecule has 7 nitrogen and oxygen atoms in total. The maximum atomic E-state index is 14.2. The van der Waals surface area contributed by atoms with Crippen molar-refractivity contribution in [3.8, 4) is 5.75 Å². The first-order valence-corrected chi connectivity index (χ1v) is 10.2. The third-order valence-electron chi connectivity index (χ3n) is 5.85. The van der Waals surface area contributed by atoms with Crippen molar-refractivity contribution in [2.24, 2.45) is 0 Å². The molecule has 0 fully saturated rings. The van der Waals surface area contributed by atoms with Crippen LogP contribution >= 0.6 is 0 Å². The Morgan fingerprint density at radius 1 is 1.06 bits per heavy atom. The maximum Gasteiger partial charge on any atom is 0.432 e. The molecular weight excluding hydrogens is 457 g/mol. The molecule has 180 valence electrons. The fourth-order valence-corrected chi connectivity index (χ4v) is 4.14. The van der Waals surface area contributed by atoms with Gasteiger partial charge >= 0.3 is 17.8 Å². The molecule has 34 heavy (non-hydrogen) atoms. The molecule has 10 heteroatoms. The van der Waals surface area contributed by atoms with Crippen LogP contribution in [-0.4, -0.2) is 36.1 Å². The Kier molecular flexibility index (Phi) is 5.69. The van der Waals surface area contributed by atoms with E-state index in [0.717, 1.165) is 19.2 Å². The zero-order valence-corrected chi connectivity index (χ0v) is 18.4. The van der Waals surface area contributed by atoms with Gasteiger partial charge in [-0.3, -0.25) is 0 Å². The van der Waals surface area contributed by atoms with Crippen molar-refractivity contribution < 1.29 is 41.7 Å². The number of hydrogen-bond acceptors (Lipinski definition) is 7. The summed E-state index contributed by atoms with van der Waals surface area (Å²) < 4.78 is 63.9. The number of halogens is 3. The third-order valence-corrected chi connectivity index (χ3v) is 5.85. The molecule has 0 amide bonds. The van der Waals surface area contributed by atoms with Crippen LogP contribution in [-0.2, 0) is 19.9 Å². The number of benzene rings is 2. The van der Waals surface area contributed by atoms with Gasteiger partial charge in [-0.25, -0.2) is 9.59 Å². The third kappa shape index (κ3) is 3.63. The van der Waals surface area contributed by atoms with E-state index in [0.29, 0.717) is 5.39 Å². The van der Waals surface area contributed by atoms with Crippen LogP contribution in [0.2, 0.25) is 0 Å². The van der Waals surface area contributed by atoms with E-state index in [1.54, 1.807) is 0 Å². The molecule has 2 heterocycles. The van der Waals surface area contributed by atoms with E-state index in [2.05, 4.69) is 0 Å². The fraction of sp³-hybridized carbons (Fsp3) is 0.333. The number of carbonyl (C=O) groups is 1. The molecule has 3 aromatic rings. The lowest BCUT2D eigenvalue weighted by Gasteiger charge is -2.43. The van der Waals surface area contributed by atoms with Gasteiger partial charge in [-0.2, -0.15) is 13.2 Å². The first-order valence-electron chi connectivity index (χ1n) is 10.2. The quantitative estimate of drug-likeness (QED) is 0.447. The van der Waals surface area contributed by atoms with Crippen molar-refractivity contribution in [2.75, 3.05) is 7.11 Å². The highest BCUT2D eigenvalue weighted by Gasteiger charge is 2.65. The summed E-state index contributed by atoms with van der Waals surface area (Å²) >= 11 is 0. The second-order valence-corrected chi connectivity index (χ2v) is 8.38. The molecule has 0 radical (unpaired) electrons. The highest BCUT2D eigenvalue weighted by Crippen LogP contribution is 2.47. The topological polar surface area (TPSA) is 95.2 Å². The molecule has 1 aliphatic rings. The Balaban J connectivity index is 1.77. The number of alkyl halides is 3. The number of aliphatic hydroxyl groups is 1. The Morgan fingerprint density at radius 3 is 2.35 bits per heavy atom. The number of carbonyl (C=O) groups excluding carboxylic acids is 1. The van der Waals surface area contributed by atoms with Gasteiger partial charge < -0.3 is 23.7 Å². The van der Waals surface area contributed by atoms with Gasteiger partial charge in [0.05, 0.1) is 5.39 Å². The van der Waals surface area contributed by atoms with E-state index in [-0.39, 0.29) is 16.9 Å². The van der Waals surface area contributed by atoms with Gasteiger partial charge in [0.25, 0.3) is 5.60 Å². The van der Waals surface area contributed by atoms with Gasteiger partial charge in [0.15, 0.2) is 6.10 Å². The molecule has 1 N–H and O–H groups in total. The Bertz CT molecular complexity index is 1280. The SMILES string of the molecule is CO[C@@](C(=O)O[C@@H]1[C@H](O)c2ccc3oc(=O)ccc3c2OC1(C)C)(c1ccccc1)C(F)(F)F. The van der Waals surface area contributed by atoms with Crippen LogP contribution in [0.3, 0.4) is 0 Å². The summed E-state index contributed by atoms with van der Waals surface area (Å²) in [5.74, 6) is -1.58. The van der Waals surface area contributed by atoms with Crippen LogP contribution in [0, 0.1) is 0 Å². The van der Waals surface area contributed by atoms with E-state index in [9.17, 15) is 27.9 Å². The average molecular weight is 478 g/mol. The number of rotatable bonds is 4. The molecule has 0 unspecified atom stereocenters. The van der Waals surface area contributed by atoms with Crippen LogP contribution in [0.4, 0.5) is 13.2 Å². The van der Waals surface area contributed by atoms with Crippen molar-refractivity contribution in [3.05, 3.63) is 76.1 Å². The number of aliphatic hydroxyl groups excluding tert-OH is 1. The van der Waals surface area contributed by atoms with Gasteiger partial charge in [0.1, 0.15) is 23.0 Å². The highest BCUT2D eigenvalue weighted by molar-refractivity contribution is 5.86. The van der Waals surface area contributed by atoms with Gasteiger partial charge in [-0.1, -0.05) is 30.3 Å². The van der Waals surface area contributed by atoms with E-state index in [4.69, 9.17) is 18.6 Å². The lowest BCUT2D eigenvalue weighted by molar-refractivity contribution is -0.283. The van der Waals surface area contributed by atoms with E-state index in [1.165, 1.54) is 56.3 Å².